The van der Waals surface area contributed by atoms with E-state index in [-0.39, 0.29) is 11.8 Å². The number of nitrogens with two attached hydrogens (primary N) is 1. The summed E-state index contributed by atoms with van der Waals surface area (Å²) in [7, 11) is 1.65. The Morgan fingerprint density at radius 3 is 2.90 bits per heavy atom. The largest absolute Gasteiger partial charge is 0.359 e. The normalized spacial score (nSPS) is 26.8. The highest BCUT2D eigenvalue weighted by Gasteiger charge is 2.25. The summed E-state index contributed by atoms with van der Waals surface area (Å²) in [6.45, 7) is 1.53. The zero-order valence-corrected chi connectivity index (χ0v) is 6.13. The maximum absolute atomic E-state index is 11.0. The van der Waals surface area contributed by atoms with Gasteiger partial charge in [-0.2, -0.15) is 0 Å². The van der Waals surface area contributed by atoms with Crippen LogP contribution in [0.25, 0.3) is 0 Å². The molecule has 1 rings (SSSR count). The van der Waals surface area contributed by atoms with Crippen molar-refractivity contribution in [3.63, 3.8) is 0 Å². The molecule has 0 bridgehead atoms. The molecule has 1 atom stereocenters. The van der Waals surface area contributed by atoms with E-state index in [1.807, 2.05) is 0 Å². The van der Waals surface area contributed by atoms with Crippen molar-refractivity contribution in [2.75, 3.05) is 20.1 Å². The van der Waals surface area contributed by atoms with Crippen LogP contribution in [0.4, 0.5) is 0 Å². The number of carbonyl (C=O) groups excluding carboxylic acids is 1. The lowest BCUT2D eigenvalue weighted by Gasteiger charge is -2.07. The molecule has 0 aromatic rings. The molecule has 0 aromatic heterocycles. The highest BCUT2D eigenvalue weighted by atomic mass is 16.1. The Morgan fingerprint density at radius 2 is 2.50 bits per heavy atom. The Kier molecular flexibility index (Phi) is 2.24. The molecule has 3 N–H and O–H groups in total. The van der Waals surface area contributed by atoms with Crippen molar-refractivity contribution in [1.82, 2.24) is 10.3 Å². The Balaban J connectivity index is 2.37. The number of amides is 1. The van der Waals surface area contributed by atoms with Gasteiger partial charge < -0.3 is 5.32 Å². The summed E-state index contributed by atoms with van der Waals surface area (Å²) in [5.74, 6) is 5.68. The lowest BCUT2D eigenvalue weighted by Crippen LogP contribution is -2.32. The van der Waals surface area contributed by atoms with E-state index in [0.717, 1.165) is 13.0 Å². The second-order valence-corrected chi connectivity index (χ2v) is 2.59. The van der Waals surface area contributed by atoms with Crippen LogP contribution in [0.3, 0.4) is 0 Å². The average Bonchev–Trinajstić information content (AvgIpc) is 2.34. The van der Waals surface area contributed by atoms with Crippen molar-refractivity contribution in [3.05, 3.63) is 0 Å². The van der Waals surface area contributed by atoms with Crippen LogP contribution < -0.4 is 11.2 Å². The van der Waals surface area contributed by atoms with Gasteiger partial charge >= 0.3 is 0 Å². The van der Waals surface area contributed by atoms with Crippen molar-refractivity contribution in [3.8, 4) is 0 Å². The fraction of sp³-hybridized carbons (Fsp3) is 0.833. The van der Waals surface area contributed by atoms with E-state index in [0.29, 0.717) is 6.54 Å². The smallest absolute Gasteiger partial charge is 0.224 e. The fourth-order valence-corrected chi connectivity index (χ4v) is 1.21. The first kappa shape index (κ1) is 7.50. The third-order valence-electron chi connectivity index (χ3n) is 1.84. The minimum absolute atomic E-state index is 0.105. The van der Waals surface area contributed by atoms with Crippen LogP contribution in [-0.2, 0) is 4.79 Å². The standard InChI is InChI=1S/C6H13N3O/c1-8-6(10)5-2-3-9(7)4-5/h5H,2-4,7H2,1H3,(H,8,10). The molecular formula is C6H13N3O. The van der Waals surface area contributed by atoms with Crippen molar-refractivity contribution >= 4 is 5.91 Å². The molecule has 1 unspecified atom stereocenters. The molecule has 4 heteroatoms. The summed E-state index contributed by atoms with van der Waals surface area (Å²) in [6.07, 6.45) is 0.885. The SMILES string of the molecule is CNC(=O)C1CCN(N)C1. The maximum Gasteiger partial charge on any atom is 0.224 e. The van der Waals surface area contributed by atoms with E-state index in [1.165, 1.54) is 0 Å². The molecule has 1 aliphatic heterocycles. The van der Waals surface area contributed by atoms with Gasteiger partial charge in [0.2, 0.25) is 5.91 Å². The summed E-state index contributed by atoms with van der Waals surface area (Å²) in [6, 6.07) is 0. The van der Waals surface area contributed by atoms with Crippen LogP contribution in [0.15, 0.2) is 0 Å². The summed E-state index contributed by atoms with van der Waals surface area (Å²) < 4.78 is 0. The van der Waals surface area contributed by atoms with Crippen LogP contribution in [0.5, 0.6) is 0 Å². The number of carbonyl (C=O) groups is 1. The van der Waals surface area contributed by atoms with E-state index < -0.39 is 0 Å². The lowest BCUT2D eigenvalue weighted by molar-refractivity contribution is -0.124. The van der Waals surface area contributed by atoms with E-state index >= 15 is 0 Å². The first-order valence-electron chi connectivity index (χ1n) is 3.45. The Labute approximate surface area is 60.3 Å². The monoisotopic (exact) mass is 143 g/mol. The molecule has 0 radical (unpaired) electrons. The first-order valence-corrected chi connectivity index (χ1v) is 3.45. The first-order chi connectivity index (χ1) is 4.74. The molecule has 1 saturated heterocycles. The van der Waals surface area contributed by atoms with Gasteiger partial charge in [0.1, 0.15) is 0 Å². The second-order valence-electron chi connectivity index (χ2n) is 2.59. The molecule has 1 heterocycles. The number of nitrogens with one attached hydrogen (secondary N) is 1. The third-order valence-corrected chi connectivity index (χ3v) is 1.84. The Morgan fingerprint density at radius 1 is 1.80 bits per heavy atom. The molecule has 0 aromatic carbocycles. The van der Waals surface area contributed by atoms with Crippen LogP contribution in [0.2, 0.25) is 0 Å². The number of hydrogen-bond donors (Lipinski definition) is 2. The molecule has 0 spiro atoms. The van der Waals surface area contributed by atoms with Gasteiger partial charge in [0, 0.05) is 20.1 Å². The molecule has 1 aliphatic rings. The van der Waals surface area contributed by atoms with Crippen LogP contribution in [0, 0.1) is 5.92 Å². The number of nitrogens with zero attached hydrogens (tertiary/aromatic N) is 1. The van der Waals surface area contributed by atoms with Gasteiger partial charge in [0.15, 0.2) is 0 Å². The van der Waals surface area contributed by atoms with Gasteiger partial charge in [0.25, 0.3) is 0 Å². The van der Waals surface area contributed by atoms with Gasteiger partial charge in [-0.1, -0.05) is 0 Å². The number of hydrazine groups is 1. The Hall–Kier alpha value is -0.610. The topological polar surface area (TPSA) is 58.4 Å². The van der Waals surface area contributed by atoms with E-state index in [2.05, 4.69) is 5.32 Å². The van der Waals surface area contributed by atoms with Crippen molar-refractivity contribution in [2.45, 2.75) is 6.42 Å². The quantitative estimate of drug-likeness (QED) is 0.459. The van der Waals surface area contributed by atoms with Gasteiger partial charge in [-0.15, -0.1) is 0 Å². The average molecular weight is 143 g/mol. The highest BCUT2D eigenvalue weighted by Crippen LogP contribution is 2.11. The van der Waals surface area contributed by atoms with Crippen molar-refractivity contribution < 1.29 is 4.79 Å². The summed E-state index contributed by atoms with van der Waals surface area (Å²) in [4.78, 5) is 11.0. The summed E-state index contributed by atoms with van der Waals surface area (Å²) in [5, 5.41) is 4.29. The van der Waals surface area contributed by atoms with Gasteiger partial charge in [-0.3, -0.25) is 10.6 Å². The lowest BCUT2D eigenvalue weighted by atomic mass is 10.1. The minimum atomic E-state index is 0.105. The maximum atomic E-state index is 11.0. The van der Waals surface area contributed by atoms with Crippen LogP contribution in [-0.4, -0.2) is 31.1 Å². The molecule has 0 saturated carbocycles. The fourth-order valence-electron chi connectivity index (χ4n) is 1.21. The molecule has 1 amide bonds. The van der Waals surface area contributed by atoms with Gasteiger partial charge in [-0.05, 0) is 6.42 Å². The molecule has 0 aliphatic carbocycles. The number of rotatable bonds is 1. The second kappa shape index (κ2) is 2.98. The predicted octanol–water partition coefficient (Wildman–Crippen LogP) is -1.07. The highest BCUT2D eigenvalue weighted by molar-refractivity contribution is 5.78. The summed E-state index contributed by atoms with van der Waals surface area (Å²) in [5.41, 5.74) is 0. The van der Waals surface area contributed by atoms with E-state index in [9.17, 15) is 4.79 Å². The molecule has 10 heavy (non-hydrogen) atoms. The van der Waals surface area contributed by atoms with Crippen molar-refractivity contribution in [2.24, 2.45) is 11.8 Å². The third kappa shape index (κ3) is 1.46. The van der Waals surface area contributed by atoms with Crippen LogP contribution in [0.1, 0.15) is 6.42 Å². The Bertz CT molecular complexity index is 137. The van der Waals surface area contributed by atoms with Crippen molar-refractivity contribution in [1.29, 1.82) is 0 Å². The van der Waals surface area contributed by atoms with E-state index in [4.69, 9.17) is 5.84 Å². The van der Waals surface area contributed by atoms with Crippen LogP contribution >= 0.6 is 0 Å². The molecular weight excluding hydrogens is 130 g/mol. The predicted molar refractivity (Wildman–Crippen MR) is 37.9 cm³/mol. The van der Waals surface area contributed by atoms with E-state index in [1.54, 1.807) is 12.1 Å². The van der Waals surface area contributed by atoms with Gasteiger partial charge in [-0.25, -0.2) is 5.01 Å². The minimum Gasteiger partial charge on any atom is -0.359 e. The molecule has 4 nitrogen and oxygen atoms in total. The zero-order valence-electron chi connectivity index (χ0n) is 6.13. The molecule has 58 valence electrons. The van der Waals surface area contributed by atoms with Gasteiger partial charge in [0.05, 0.1) is 5.92 Å². The zero-order chi connectivity index (χ0) is 7.56. The summed E-state index contributed by atoms with van der Waals surface area (Å²) >= 11 is 0. The number of hydrogen-bond acceptors (Lipinski definition) is 3. The molecule has 1 fully saturated rings.